The van der Waals surface area contributed by atoms with Gasteiger partial charge < -0.3 is 10.4 Å². The SMILES string of the molecule is CCn1cc(NC(C)CCc2ccc(O)cc2)cn1. The second-order valence-electron chi connectivity index (χ2n) is 4.84. The Labute approximate surface area is 114 Å². The summed E-state index contributed by atoms with van der Waals surface area (Å²) in [7, 11) is 0. The third-order valence-corrected chi connectivity index (χ3v) is 3.17. The Balaban J connectivity index is 1.81. The second-order valence-corrected chi connectivity index (χ2v) is 4.84. The molecule has 2 N–H and O–H groups in total. The molecule has 1 unspecified atom stereocenters. The predicted molar refractivity (Wildman–Crippen MR) is 77.4 cm³/mol. The van der Waals surface area contributed by atoms with Crippen molar-refractivity contribution in [1.29, 1.82) is 0 Å². The minimum atomic E-state index is 0.321. The van der Waals surface area contributed by atoms with Crippen molar-refractivity contribution in [2.24, 2.45) is 0 Å². The molecule has 102 valence electrons. The predicted octanol–water partition coefficient (Wildman–Crippen LogP) is 3.04. The summed E-state index contributed by atoms with van der Waals surface area (Å²) in [4.78, 5) is 0. The Morgan fingerprint density at radius 3 is 2.68 bits per heavy atom. The summed E-state index contributed by atoms with van der Waals surface area (Å²) in [5.41, 5.74) is 2.32. The summed E-state index contributed by atoms with van der Waals surface area (Å²) < 4.78 is 1.91. The minimum Gasteiger partial charge on any atom is -0.508 e. The van der Waals surface area contributed by atoms with Crippen LogP contribution in [-0.4, -0.2) is 20.9 Å². The number of aromatic hydroxyl groups is 1. The molecule has 1 atom stereocenters. The first-order valence-corrected chi connectivity index (χ1v) is 6.74. The summed E-state index contributed by atoms with van der Waals surface area (Å²) >= 11 is 0. The number of hydrogen-bond donors (Lipinski definition) is 2. The molecule has 0 amide bonds. The van der Waals surface area contributed by atoms with Gasteiger partial charge in [-0.2, -0.15) is 5.10 Å². The number of anilines is 1. The van der Waals surface area contributed by atoms with E-state index in [-0.39, 0.29) is 0 Å². The van der Waals surface area contributed by atoms with E-state index in [2.05, 4.69) is 24.3 Å². The van der Waals surface area contributed by atoms with Crippen LogP contribution in [0.1, 0.15) is 25.8 Å². The van der Waals surface area contributed by atoms with Gasteiger partial charge in [-0.3, -0.25) is 4.68 Å². The first-order valence-electron chi connectivity index (χ1n) is 6.74. The van der Waals surface area contributed by atoms with Crippen molar-refractivity contribution in [3.63, 3.8) is 0 Å². The van der Waals surface area contributed by atoms with E-state index in [0.29, 0.717) is 11.8 Å². The maximum Gasteiger partial charge on any atom is 0.115 e. The lowest BCUT2D eigenvalue weighted by atomic mass is 10.1. The van der Waals surface area contributed by atoms with Gasteiger partial charge in [0, 0.05) is 18.8 Å². The number of aromatic nitrogens is 2. The van der Waals surface area contributed by atoms with Crippen molar-refractivity contribution >= 4 is 5.69 Å². The van der Waals surface area contributed by atoms with E-state index in [4.69, 9.17) is 0 Å². The summed E-state index contributed by atoms with van der Waals surface area (Å²) in [6.45, 7) is 5.14. The zero-order valence-electron chi connectivity index (χ0n) is 11.5. The van der Waals surface area contributed by atoms with E-state index < -0.39 is 0 Å². The van der Waals surface area contributed by atoms with Gasteiger partial charge in [-0.05, 0) is 44.4 Å². The van der Waals surface area contributed by atoms with Crippen LogP contribution in [0.2, 0.25) is 0 Å². The molecule has 2 rings (SSSR count). The van der Waals surface area contributed by atoms with Crippen LogP contribution in [0, 0.1) is 0 Å². The normalized spacial score (nSPS) is 12.3. The average molecular weight is 259 g/mol. The lowest BCUT2D eigenvalue weighted by Crippen LogP contribution is -2.15. The number of phenolic OH excluding ortho intramolecular Hbond substituents is 1. The Morgan fingerprint density at radius 2 is 2.05 bits per heavy atom. The highest BCUT2D eigenvalue weighted by Crippen LogP contribution is 2.14. The first kappa shape index (κ1) is 13.5. The number of phenols is 1. The van der Waals surface area contributed by atoms with Crippen molar-refractivity contribution in [2.75, 3.05) is 5.32 Å². The van der Waals surface area contributed by atoms with Gasteiger partial charge >= 0.3 is 0 Å². The topological polar surface area (TPSA) is 50.1 Å². The molecule has 4 nitrogen and oxygen atoms in total. The number of nitrogens with one attached hydrogen (secondary N) is 1. The summed E-state index contributed by atoms with van der Waals surface area (Å²) in [5.74, 6) is 0.321. The minimum absolute atomic E-state index is 0.321. The van der Waals surface area contributed by atoms with Crippen LogP contribution in [0.4, 0.5) is 5.69 Å². The Kier molecular flexibility index (Phi) is 4.44. The molecule has 0 aliphatic carbocycles. The smallest absolute Gasteiger partial charge is 0.115 e. The van der Waals surface area contributed by atoms with E-state index in [1.165, 1.54) is 5.56 Å². The van der Waals surface area contributed by atoms with E-state index in [1.54, 1.807) is 12.1 Å². The van der Waals surface area contributed by atoms with Crippen molar-refractivity contribution < 1.29 is 5.11 Å². The van der Waals surface area contributed by atoms with Gasteiger partial charge in [-0.1, -0.05) is 12.1 Å². The standard InChI is InChI=1S/C15H21N3O/c1-3-18-11-14(10-16-18)17-12(2)4-5-13-6-8-15(19)9-7-13/h6-12,17,19H,3-5H2,1-2H3. The lowest BCUT2D eigenvalue weighted by Gasteiger charge is -2.13. The van der Waals surface area contributed by atoms with Gasteiger partial charge in [0.25, 0.3) is 0 Å². The number of nitrogens with zero attached hydrogens (tertiary/aromatic N) is 2. The molecule has 0 saturated carbocycles. The molecule has 0 bridgehead atoms. The van der Waals surface area contributed by atoms with Gasteiger partial charge in [0.1, 0.15) is 5.75 Å². The maximum atomic E-state index is 9.23. The third kappa shape index (κ3) is 4.02. The zero-order valence-corrected chi connectivity index (χ0v) is 11.5. The molecule has 0 fully saturated rings. The quantitative estimate of drug-likeness (QED) is 0.838. The highest BCUT2D eigenvalue weighted by atomic mass is 16.3. The summed E-state index contributed by atoms with van der Waals surface area (Å²) in [6.07, 6.45) is 5.93. The molecule has 0 radical (unpaired) electrons. The second kappa shape index (κ2) is 6.27. The van der Waals surface area contributed by atoms with Crippen LogP contribution >= 0.6 is 0 Å². The molecule has 1 heterocycles. The van der Waals surface area contributed by atoms with Gasteiger partial charge in [-0.25, -0.2) is 0 Å². The summed E-state index contributed by atoms with van der Waals surface area (Å²) in [6, 6.07) is 7.80. The van der Waals surface area contributed by atoms with Crippen LogP contribution < -0.4 is 5.32 Å². The molecular weight excluding hydrogens is 238 g/mol. The third-order valence-electron chi connectivity index (χ3n) is 3.17. The largest absolute Gasteiger partial charge is 0.508 e. The van der Waals surface area contributed by atoms with E-state index in [9.17, 15) is 5.11 Å². The molecule has 2 aromatic rings. The first-order chi connectivity index (χ1) is 9.17. The van der Waals surface area contributed by atoms with Crippen molar-refractivity contribution in [3.8, 4) is 5.75 Å². The maximum absolute atomic E-state index is 9.23. The number of rotatable bonds is 6. The molecule has 0 saturated heterocycles. The molecule has 1 aromatic carbocycles. The number of hydrogen-bond acceptors (Lipinski definition) is 3. The Hall–Kier alpha value is -1.97. The molecule has 1 aromatic heterocycles. The Bertz CT molecular complexity index is 504. The van der Waals surface area contributed by atoms with Gasteiger partial charge in [0.15, 0.2) is 0 Å². The van der Waals surface area contributed by atoms with Crippen LogP contribution in [0.25, 0.3) is 0 Å². The molecular formula is C15H21N3O. The highest BCUT2D eigenvalue weighted by Gasteiger charge is 2.04. The van der Waals surface area contributed by atoms with Gasteiger partial charge in [0.2, 0.25) is 0 Å². The van der Waals surface area contributed by atoms with E-state index >= 15 is 0 Å². The monoisotopic (exact) mass is 259 g/mol. The molecule has 0 aliphatic rings. The number of aryl methyl sites for hydroxylation is 2. The van der Waals surface area contributed by atoms with E-state index in [0.717, 1.165) is 25.1 Å². The molecule has 0 spiro atoms. The summed E-state index contributed by atoms with van der Waals surface area (Å²) in [5, 5.41) is 16.9. The van der Waals surface area contributed by atoms with Crippen molar-refractivity contribution in [3.05, 3.63) is 42.2 Å². The van der Waals surface area contributed by atoms with Crippen LogP contribution in [-0.2, 0) is 13.0 Å². The van der Waals surface area contributed by atoms with Crippen LogP contribution in [0.3, 0.4) is 0 Å². The lowest BCUT2D eigenvalue weighted by molar-refractivity contribution is 0.475. The van der Waals surface area contributed by atoms with Crippen LogP contribution in [0.5, 0.6) is 5.75 Å². The number of benzene rings is 1. The fourth-order valence-corrected chi connectivity index (χ4v) is 2.01. The van der Waals surface area contributed by atoms with Crippen LogP contribution in [0.15, 0.2) is 36.7 Å². The fourth-order valence-electron chi connectivity index (χ4n) is 2.01. The molecule has 19 heavy (non-hydrogen) atoms. The molecule has 0 aliphatic heterocycles. The fraction of sp³-hybridized carbons (Fsp3) is 0.400. The van der Waals surface area contributed by atoms with E-state index in [1.807, 2.05) is 29.2 Å². The molecule has 4 heteroatoms. The zero-order chi connectivity index (χ0) is 13.7. The van der Waals surface area contributed by atoms with Gasteiger partial charge in [-0.15, -0.1) is 0 Å². The van der Waals surface area contributed by atoms with Gasteiger partial charge in [0.05, 0.1) is 11.9 Å². The average Bonchev–Trinajstić information content (AvgIpc) is 2.86. The Morgan fingerprint density at radius 1 is 1.32 bits per heavy atom. The highest BCUT2D eigenvalue weighted by molar-refractivity contribution is 5.39. The van der Waals surface area contributed by atoms with Crippen molar-refractivity contribution in [2.45, 2.75) is 39.3 Å². The van der Waals surface area contributed by atoms with Crippen molar-refractivity contribution in [1.82, 2.24) is 9.78 Å².